The van der Waals surface area contributed by atoms with Crippen molar-refractivity contribution in [3.8, 4) is 0 Å². The van der Waals surface area contributed by atoms with Gasteiger partial charge in [0.1, 0.15) is 0 Å². The Morgan fingerprint density at radius 3 is 2.33 bits per heavy atom. The Kier molecular flexibility index (Phi) is 5.10. The molecule has 0 spiro atoms. The molecule has 0 aromatic carbocycles. The quantitative estimate of drug-likeness (QED) is 0.722. The molecule has 1 aliphatic rings. The van der Waals surface area contributed by atoms with E-state index in [1.165, 1.54) is 25.7 Å². The zero-order valence-electron chi connectivity index (χ0n) is 10.0. The van der Waals surface area contributed by atoms with Gasteiger partial charge in [0.05, 0.1) is 4.83 Å². The summed E-state index contributed by atoms with van der Waals surface area (Å²) in [5.74, 6) is 0.646. The highest BCUT2D eigenvalue weighted by molar-refractivity contribution is 9.10. The van der Waals surface area contributed by atoms with Crippen molar-refractivity contribution in [1.29, 1.82) is 0 Å². The van der Waals surface area contributed by atoms with Gasteiger partial charge in [0.15, 0.2) is 0 Å². The summed E-state index contributed by atoms with van der Waals surface area (Å²) < 4.78 is 0. The van der Waals surface area contributed by atoms with Gasteiger partial charge in [0, 0.05) is 12.6 Å². The van der Waals surface area contributed by atoms with Crippen LogP contribution in [0.3, 0.4) is 0 Å². The summed E-state index contributed by atoms with van der Waals surface area (Å²) in [5, 5.41) is 0. The smallest absolute Gasteiger partial charge is 0.236 e. The van der Waals surface area contributed by atoms with Crippen LogP contribution in [0.5, 0.6) is 0 Å². The molecule has 3 heteroatoms. The fraction of sp³-hybridized carbons (Fsp3) is 0.917. The average molecular weight is 276 g/mol. The lowest BCUT2D eigenvalue weighted by Crippen LogP contribution is -2.44. The number of amides is 1. The summed E-state index contributed by atoms with van der Waals surface area (Å²) in [7, 11) is 0. The fourth-order valence-electron chi connectivity index (χ4n) is 2.25. The van der Waals surface area contributed by atoms with Crippen LogP contribution in [-0.2, 0) is 4.79 Å². The van der Waals surface area contributed by atoms with Crippen LogP contribution in [0, 0.1) is 5.92 Å². The number of hydrogen-bond acceptors (Lipinski definition) is 1. The highest BCUT2D eigenvalue weighted by Crippen LogP contribution is 2.26. The van der Waals surface area contributed by atoms with Gasteiger partial charge in [0.25, 0.3) is 0 Å². The van der Waals surface area contributed by atoms with E-state index in [1.54, 1.807) is 0 Å². The van der Waals surface area contributed by atoms with Crippen molar-refractivity contribution >= 4 is 21.8 Å². The van der Waals surface area contributed by atoms with Crippen molar-refractivity contribution in [3.63, 3.8) is 0 Å². The predicted octanol–water partition coefficient (Wildman–Crippen LogP) is 3.20. The summed E-state index contributed by atoms with van der Waals surface area (Å²) in [6.45, 7) is 7.09. The van der Waals surface area contributed by atoms with Gasteiger partial charge in [-0.3, -0.25) is 4.79 Å². The van der Waals surface area contributed by atoms with Crippen LogP contribution in [-0.4, -0.2) is 28.2 Å². The summed E-state index contributed by atoms with van der Waals surface area (Å²) in [6, 6.07) is 0.501. The molecule has 0 N–H and O–H groups in total. The maximum Gasteiger partial charge on any atom is 0.236 e. The maximum absolute atomic E-state index is 12.2. The Morgan fingerprint density at radius 1 is 1.40 bits per heavy atom. The maximum atomic E-state index is 12.2. The van der Waals surface area contributed by atoms with Gasteiger partial charge in [-0.1, -0.05) is 42.6 Å². The molecule has 0 radical (unpaired) electrons. The second-order valence-electron chi connectivity index (χ2n) is 4.71. The molecule has 15 heavy (non-hydrogen) atoms. The molecule has 1 atom stereocenters. The molecule has 0 aliphatic heterocycles. The molecule has 0 bridgehead atoms. The zero-order chi connectivity index (χ0) is 11.4. The zero-order valence-corrected chi connectivity index (χ0v) is 11.6. The number of carbonyl (C=O) groups is 1. The van der Waals surface area contributed by atoms with E-state index < -0.39 is 0 Å². The second kappa shape index (κ2) is 5.88. The summed E-state index contributed by atoms with van der Waals surface area (Å²) in [4.78, 5) is 14.2. The number of nitrogens with zero attached hydrogens (tertiary/aromatic N) is 1. The van der Waals surface area contributed by atoms with E-state index in [1.807, 2.05) is 0 Å². The van der Waals surface area contributed by atoms with Crippen LogP contribution in [0.15, 0.2) is 0 Å². The lowest BCUT2D eigenvalue weighted by Gasteiger charge is -2.30. The van der Waals surface area contributed by atoms with E-state index in [2.05, 4.69) is 41.6 Å². The molecule has 0 aromatic heterocycles. The van der Waals surface area contributed by atoms with Gasteiger partial charge in [-0.25, -0.2) is 0 Å². The van der Waals surface area contributed by atoms with Crippen molar-refractivity contribution in [2.24, 2.45) is 5.92 Å². The fourth-order valence-corrected chi connectivity index (χ4v) is 2.52. The molecular weight excluding hydrogens is 254 g/mol. The second-order valence-corrected chi connectivity index (χ2v) is 5.69. The minimum absolute atomic E-state index is 0.0157. The Balaban J connectivity index is 2.60. The lowest BCUT2D eigenvalue weighted by atomic mass is 10.1. The van der Waals surface area contributed by atoms with Crippen LogP contribution in [0.1, 0.15) is 46.5 Å². The van der Waals surface area contributed by atoms with Crippen LogP contribution in [0.4, 0.5) is 0 Å². The molecule has 1 fully saturated rings. The van der Waals surface area contributed by atoms with Crippen LogP contribution in [0.25, 0.3) is 0 Å². The largest absolute Gasteiger partial charge is 0.339 e. The van der Waals surface area contributed by atoms with E-state index in [9.17, 15) is 4.79 Å². The number of halogens is 1. The van der Waals surface area contributed by atoms with Crippen molar-refractivity contribution in [3.05, 3.63) is 0 Å². The first-order valence-corrected chi connectivity index (χ1v) is 6.94. The third-order valence-electron chi connectivity index (χ3n) is 3.21. The number of rotatable bonds is 4. The van der Waals surface area contributed by atoms with E-state index in [0.717, 1.165) is 6.54 Å². The van der Waals surface area contributed by atoms with Gasteiger partial charge in [0.2, 0.25) is 5.91 Å². The standard InChI is InChI=1S/C12H22BrNO/c1-4-14(10-7-5-6-8-10)12(15)11(13)9(2)3/h9-11H,4-8H2,1-3H3. The highest BCUT2D eigenvalue weighted by atomic mass is 79.9. The third kappa shape index (κ3) is 3.20. The molecule has 88 valence electrons. The topological polar surface area (TPSA) is 20.3 Å². The van der Waals surface area contributed by atoms with Gasteiger partial charge in [-0.2, -0.15) is 0 Å². The number of carbonyl (C=O) groups excluding carboxylic acids is 1. The molecule has 0 heterocycles. The van der Waals surface area contributed by atoms with Crippen LogP contribution in [0.2, 0.25) is 0 Å². The van der Waals surface area contributed by atoms with E-state index >= 15 is 0 Å². The van der Waals surface area contributed by atoms with Gasteiger partial charge >= 0.3 is 0 Å². The van der Waals surface area contributed by atoms with Crippen molar-refractivity contribution < 1.29 is 4.79 Å². The predicted molar refractivity (Wildman–Crippen MR) is 67.2 cm³/mol. The number of hydrogen-bond donors (Lipinski definition) is 0. The monoisotopic (exact) mass is 275 g/mol. The summed E-state index contributed by atoms with van der Waals surface area (Å²) >= 11 is 3.50. The molecule has 1 unspecified atom stereocenters. The molecule has 0 saturated heterocycles. The summed E-state index contributed by atoms with van der Waals surface area (Å²) in [6.07, 6.45) is 4.95. The molecule has 1 saturated carbocycles. The first kappa shape index (κ1) is 13.0. The van der Waals surface area contributed by atoms with Gasteiger partial charge < -0.3 is 4.90 Å². The molecular formula is C12H22BrNO. The van der Waals surface area contributed by atoms with E-state index in [4.69, 9.17) is 0 Å². The van der Waals surface area contributed by atoms with Crippen LogP contribution >= 0.6 is 15.9 Å². The average Bonchev–Trinajstić information content (AvgIpc) is 2.70. The SMILES string of the molecule is CCN(C(=O)C(Br)C(C)C)C1CCCC1. The minimum atomic E-state index is -0.0157. The molecule has 1 amide bonds. The Bertz CT molecular complexity index is 212. The van der Waals surface area contributed by atoms with Crippen molar-refractivity contribution in [2.45, 2.75) is 57.3 Å². The number of alkyl halides is 1. The van der Waals surface area contributed by atoms with Gasteiger partial charge in [-0.15, -0.1) is 0 Å². The Hall–Kier alpha value is -0.0500. The summed E-state index contributed by atoms with van der Waals surface area (Å²) in [5.41, 5.74) is 0. The lowest BCUT2D eigenvalue weighted by molar-refractivity contribution is -0.133. The van der Waals surface area contributed by atoms with Crippen molar-refractivity contribution in [2.75, 3.05) is 6.54 Å². The molecule has 0 aromatic rings. The first-order valence-electron chi connectivity index (χ1n) is 6.02. The van der Waals surface area contributed by atoms with E-state index in [-0.39, 0.29) is 10.7 Å². The van der Waals surface area contributed by atoms with Gasteiger partial charge in [-0.05, 0) is 25.7 Å². The molecule has 2 nitrogen and oxygen atoms in total. The molecule has 1 rings (SSSR count). The third-order valence-corrected chi connectivity index (χ3v) is 4.66. The first-order chi connectivity index (χ1) is 7.07. The molecule has 1 aliphatic carbocycles. The highest BCUT2D eigenvalue weighted by Gasteiger charge is 2.30. The van der Waals surface area contributed by atoms with Crippen molar-refractivity contribution in [1.82, 2.24) is 4.90 Å². The Labute approximate surface area is 102 Å². The van der Waals surface area contributed by atoms with E-state index in [0.29, 0.717) is 12.0 Å². The Morgan fingerprint density at radius 2 is 1.93 bits per heavy atom. The van der Waals surface area contributed by atoms with Crippen LogP contribution < -0.4 is 0 Å². The normalized spacial score (nSPS) is 19.5. The minimum Gasteiger partial charge on any atom is -0.339 e.